The van der Waals surface area contributed by atoms with E-state index in [1.54, 1.807) is 0 Å². The number of thioether (sulfide) groups is 1. The van der Waals surface area contributed by atoms with Crippen molar-refractivity contribution >= 4 is 11.8 Å². The minimum Gasteiger partial charge on any atom is -0.308 e. The molecule has 3 atom stereocenters. The maximum atomic E-state index is 3.90. The van der Waals surface area contributed by atoms with Gasteiger partial charge in [0.05, 0.1) is 0 Å². The zero-order valence-electron chi connectivity index (χ0n) is 13.2. The molecule has 0 amide bonds. The van der Waals surface area contributed by atoms with E-state index in [4.69, 9.17) is 0 Å². The second kappa shape index (κ2) is 6.82. The molecule has 1 aliphatic heterocycles. The summed E-state index contributed by atoms with van der Waals surface area (Å²) in [6.07, 6.45) is 7.74. The van der Waals surface area contributed by atoms with Crippen molar-refractivity contribution in [1.29, 1.82) is 0 Å². The van der Waals surface area contributed by atoms with Crippen LogP contribution in [0.25, 0.3) is 0 Å². The minimum atomic E-state index is 0.392. The van der Waals surface area contributed by atoms with Crippen molar-refractivity contribution in [2.24, 2.45) is 11.8 Å². The Kier molecular flexibility index (Phi) is 5.62. The van der Waals surface area contributed by atoms with Gasteiger partial charge in [-0.15, -0.1) is 0 Å². The highest BCUT2D eigenvalue weighted by Crippen LogP contribution is 2.41. The van der Waals surface area contributed by atoms with E-state index in [0.29, 0.717) is 5.54 Å². The fourth-order valence-corrected chi connectivity index (χ4v) is 3.96. The van der Waals surface area contributed by atoms with Gasteiger partial charge in [0.1, 0.15) is 0 Å². The highest BCUT2D eigenvalue weighted by molar-refractivity contribution is 7.98. The van der Waals surface area contributed by atoms with Crippen molar-refractivity contribution in [3.63, 3.8) is 0 Å². The second-order valence-electron chi connectivity index (χ2n) is 6.84. The first-order valence-corrected chi connectivity index (χ1v) is 9.48. The lowest BCUT2D eigenvalue weighted by Gasteiger charge is -2.48. The summed E-state index contributed by atoms with van der Waals surface area (Å²) in [5, 5.41) is 3.90. The normalized spacial score (nSPS) is 34.4. The van der Waals surface area contributed by atoms with Gasteiger partial charge in [-0.2, -0.15) is 11.8 Å². The Labute approximate surface area is 124 Å². The van der Waals surface area contributed by atoms with Crippen molar-refractivity contribution in [1.82, 2.24) is 10.2 Å². The van der Waals surface area contributed by atoms with E-state index in [1.165, 1.54) is 51.1 Å². The highest BCUT2D eigenvalue weighted by Gasteiger charge is 2.46. The average molecular weight is 285 g/mol. The maximum absolute atomic E-state index is 3.90. The summed E-state index contributed by atoms with van der Waals surface area (Å²) < 4.78 is 0. The van der Waals surface area contributed by atoms with Crippen molar-refractivity contribution < 1.29 is 0 Å². The molecule has 3 unspecified atom stereocenters. The molecule has 2 fully saturated rings. The monoisotopic (exact) mass is 284 g/mol. The van der Waals surface area contributed by atoms with Crippen LogP contribution in [0.3, 0.4) is 0 Å². The van der Waals surface area contributed by atoms with Crippen molar-refractivity contribution in [2.45, 2.75) is 58.0 Å². The average Bonchev–Trinajstić information content (AvgIpc) is 3.23. The summed E-state index contributed by atoms with van der Waals surface area (Å²) in [7, 11) is 0. The van der Waals surface area contributed by atoms with E-state index in [1.807, 2.05) is 11.8 Å². The smallest absolute Gasteiger partial charge is 0.0309 e. The predicted octanol–water partition coefficient (Wildman–Crippen LogP) is 3.23. The van der Waals surface area contributed by atoms with Gasteiger partial charge in [0.2, 0.25) is 0 Å². The van der Waals surface area contributed by atoms with Gasteiger partial charge in [-0.05, 0) is 56.6 Å². The lowest BCUT2D eigenvalue weighted by atomic mass is 9.87. The summed E-state index contributed by atoms with van der Waals surface area (Å²) in [4.78, 5) is 2.80. The van der Waals surface area contributed by atoms with Gasteiger partial charge in [0.15, 0.2) is 0 Å². The zero-order valence-corrected chi connectivity index (χ0v) is 14.1. The van der Waals surface area contributed by atoms with E-state index in [9.17, 15) is 0 Å². The van der Waals surface area contributed by atoms with E-state index >= 15 is 0 Å². The predicted molar refractivity (Wildman–Crippen MR) is 86.9 cm³/mol. The second-order valence-corrected chi connectivity index (χ2v) is 7.83. The lowest BCUT2D eigenvalue weighted by molar-refractivity contribution is 0.0479. The molecule has 0 radical (unpaired) electrons. The number of piperazine rings is 1. The van der Waals surface area contributed by atoms with Crippen molar-refractivity contribution in [2.75, 3.05) is 31.6 Å². The van der Waals surface area contributed by atoms with Crippen LogP contribution in [0.4, 0.5) is 0 Å². The van der Waals surface area contributed by atoms with Crippen LogP contribution in [-0.2, 0) is 0 Å². The van der Waals surface area contributed by atoms with Crippen LogP contribution in [0.1, 0.15) is 46.5 Å². The third-order valence-corrected chi connectivity index (χ3v) is 5.99. The molecule has 0 spiro atoms. The summed E-state index contributed by atoms with van der Waals surface area (Å²) in [5.41, 5.74) is 0.392. The third-order valence-electron chi connectivity index (χ3n) is 5.29. The first-order chi connectivity index (χ1) is 9.10. The molecular weight excluding hydrogens is 252 g/mol. The summed E-state index contributed by atoms with van der Waals surface area (Å²) in [5.74, 6) is 3.05. The molecule has 1 heterocycles. The molecule has 19 heavy (non-hydrogen) atoms. The first kappa shape index (κ1) is 15.7. The largest absolute Gasteiger partial charge is 0.308 e. The maximum Gasteiger partial charge on any atom is 0.0309 e. The van der Waals surface area contributed by atoms with Crippen LogP contribution in [-0.4, -0.2) is 48.1 Å². The summed E-state index contributed by atoms with van der Waals surface area (Å²) >= 11 is 1.98. The molecule has 112 valence electrons. The Morgan fingerprint density at radius 2 is 2.16 bits per heavy atom. The van der Waals surface area contributed by atoms with Crippen LogP contribution in [0.15, 0.2) is 0 Å². The third kappa shape index (κ3) is 3.89. The van der Waals surface area contributed by atoms with Crippen LogP contribution in [0.5, 0.6) is 0 Å². The molecule has 0 bridgehead atoms. The molecule has 1 saturated heterocycles. The van der Waals surface area contributed by atoms with Crippen LogP contribution >= 0.6 is 11.8 Å². The quantitative estimate of drug-likeness (QED) is 0.723. The minimum absolute atomic E-state index is 0.392. The topological polar surface area (TPSA) is 15.3 Å². The van der Waals surface area contributed by atoms with Crippen molar-refractivity contribution in [3.8, 4) is 0 Å². The highest BCUT2D eigenvalue weighted by atomic mass is 32.2. The molecule has 1 N–H and O–H groups in total. The number of nitrogens with one attached hydrogen (secondary N) is 1. The summed E-state index contributed by atoms with van der Waals surface area (Å²) in [6.45, 7) is 11.0. The SMILES string of the molecule is CCC(C)C1CNC(C)(C2CC2)CN1CCCSC. The molecule has 2 rings (SSSR count). The molecule has 3 heteroatoms. The van der Waals surface area contributed by atoms with Gasteiger partial charge in [0.25, 0.3) is 0 Å². The van der Waals surface area contributed by atoms with Gasteiger partial charge in [0, 0.05) is 24.7 Å². The first-order valence-electron chi connectivity index (χ1n) is 8.08. The fourth-order valence-electron chi connectivity index (χ4n) is 3.55. The van der Waals surface area contributed by atoms with Crippen LogP contribution in [0.2, 0.25) is 0 Å². The Hall–Kier alpha value is 0.270. The Morgan fingerprint density at radius 1 is 1.42 bits per heavy atom. The Balaban J connectivity index is 1.96. The van der Waals surface area contributed by atoms with Gasteiger partial charge in [-0.3, -0.25) is 4.90 Å². The van der Waals surface area contributed by atoms with E-state index in [0.717, 1.165) is 17.9 Å². The van der Waals surface area contributed by atoms with Crippen LogP contribution in [0, 0.1) is 11.8 Å². The molecular formula is C16H32N2S. The standard InChI is InChI=1S/C16H32N2S/c1-5-13(2)15-11-17-16(3,14-7-8-14)12-18(15)9-6-10-19-4/h13-15,17H,5-12H2,1-4H3. The summed E-state index contributed by atoms with van der Waals surface area (Å²) in [6, 6.07) is 0.749. The Bertz CT molecular complexity index is 280. The number of nitrogens with zero attached hydrogens (tertiary/aromatic N) is 1. The van der Waals surface area contributed by atoms with E-state index < -0.39 is 0 Å². The molecule has 0 aromatic rings. The molecule has 1 aliphatic carbocycles. The van der Waals surface area contributed by atoms with Gasteiger partial charge >= 0.3 is 0 Å². The zero-order chi connectivity index (χ0) is 13.9. The molecule has 0 aromatic heterocycles. The number of rotatable bonds is 7. The lowest BCUT2D eigenvalue weighted by Crippen LogP contribution is -2.65. The molecule has 0 aromatic carbocycles. The van der Waals surface area contributed by atoms with Gasteiger partial charge < -0.3 is 5.32 Å². The molecule has 2 aliphatic rings. The van der Waals surface area contributed by atoms with Crippen molar-refractivity contribution in [3.05, 3.63) is 0 Å². The van der Waals surface area contributed by atoms with E-state index in [-0.39, 0.29) is 0 Å². The van der Waals surface area contributed by atoms with Crippen LogP contribution < -0.4 is 5.32 Å². The van der Waals surface area contributed by atoms with Gasteiger partial charge in [-0.25, -0.2) is 0 Å². The number of hydrogen-bond acceptors (Lipinski definition) is 3. The fraction of sp³-hybridized carbons (Fsp3) is 1.00. The van der Waals surface area contributed by atoms with Gasteiger partial charge in [-0.1, -0.05) is 20.3 Å². The molecule has 2 nitrogen and oxygen atoms in total. The Morgan fingerprint density at radius 3 is 2.74 bits per heavy atom. The van der Waals surface area contributed by atoms with E-state index in [2.05, 4.69) is 37.2 Å². The molecule has 1 saturated carbocycles. The number of hydrogen-bond donors (Lipinski definition) is 1.